The molecule has 1 saturated heterocycles. The molecule has 2 rings (SSSR count). The molecule has 0 N–H and O–H groups in total. The first-order valence-corrected chi connectivity index (χ1v) is 5.98. The van der Waals surface area contributed by atoms with E-state index in [2.05, 4.69) is 22.9 Å². The molecule has 0 amide bonds. The highest BCUT2D eigenvalue weighted by molar-refractivity contribution is 6.29. The van der Waals surface area contributed by atoms with E-state index in [-0.39, 0.29) is 0 Å². The number of hydrogen-bond acceptors (Lipinski definition) is 2. The first-order chi connectivity index (χ1) is 7.25. The van der Waals surface area contributed by atoms with E-state index < -0.39 is 0 Å². The molecule has 1 atom stereocenters. The summed E-state index contributed by atoms with van der Waals surface area (Å²) in [6, 6.07) is 4.64. The number of rotatable bonds is 2. The summed E-state index contributed by atoms with van der Waals surface area (Å²) in [7, 11) is 0. The number of likely N-dealkylation sites (tertiary alicyclic amines) is 1. The molecule has 1 aromatic rings. The molecule has 1 unspecified atom stereocenters. The number of aromatic nitrogens is 1. The minimum absolute atomic E-state index is 0.574. The summed E-state index contributed by atoms with van der Waals surface area (Å²) in [5.41, 5.74) is 1.26. The fraction of sp³-hybridized carbons (Fsp3) is 0.583. The molecule has 1 fully saturated rings. The molecule has 1 aliphatic heterocycles. The van der Waals surface area contributed by atoms with Gasteiger partial charge in [0.05, 0.1) is 0 Å². The maximum Gasteiger partial charge on any atom is 0.129 e. The second-order valence-corrected chi connectivity index (χ2v) is 4.69. The van der Waals surface area contributed by atoms with E-state index in [1.807, 2.05) is 12.3 Å². The Morgan fingerprint density at radius 1 is 1.47 bits per heavy atom. The quantitative estimate of drug-likeness (QED) is 0.718. The van der Waals surface area contributed by atoms with E-state index in [0.717, 1.165) is 6.54 Å². The second kappa shape index (κ2) is 4.95. The van der Waals surface area contributed by atoms with Gasteiger partial charge in [-0.1, -0.05) is 24.1 Å². The zero-order valence-electron chi connectivity index (χ0n) is 9.12. The average Bonchev–Trinajstić information content (AvgIpc) is 2.25. The van der Waals surface area contributed by atoms with Crippen molar-refractivity contribution in [3.8, 4) is 0 Å². The molecule has 0 radical (unpaired) electrons. The minimum atomic E-state index is 0.574. The number of halogens is 1. The number of pyridine rings is 1. The van der Waals surface area contributed by atoms with Gasteiger partial charge in [0.15, 0.2) is 0 Å². The van der Waals surface area contributed by atoms with Gasteiger partial charge in [-0.05, 0) is 37.9 Å². The maximum atomic E-state index is 5.76. The zero-order chi connectivity index (χ0) is 10.7. The molecule has 1 aromatic heterocycles. The van der Waals surface area contributed by atoms with Crippen LogP contribution in [0.1, 0.15) is 31.7 Å². The monoisotopic (exact) mass is 224 g/mol. The van der Waals surface area contributed by atoms with Gasteiger partial charge >= 0.3 is 0 Å². The third-order valence-corrected chi connectivity index (χ3v) is 3.34. The highest BCUT2D eigenvalue weighted by Crippen LogP contribution is 2.19. The van der Waals surface area contributed by atoms with E-state index in [1.54, 1.807) is 0 Å². The van der Waals surface area contributed by atoms with Gasteiger partial charge < -0.3 is 0 Å². The van der Waals surface area contributed by atoms with Crippen LogP contribution in [0.2, 0.25) is 5.15 Å². The predicted molar refractivity (Wildman–Crippen MR) is 63.0 cm³/mol. The zero-order valence-corrected chi connectivity index (χ0v) is 9.87. The summed E-state index contributed by atoms with van der Waals surface area (Å²) in [5, 5.41) is 0.574. The normalized spacial score (nSPS) is 22.9. The summed E-state index contributed by atoms with van der Waals surface area (Å²) in [4.78, 5) is 6.63. The van der Waals surface area contributed by atoms with Crippen LogP contribution in [0.15, 0.2) is 18.3 Å². The van der Waals surface area contributed by atoms with Gasteiger partial charge in [-0.15, -0.1) is 0 Å². The fourth-order valence-electron chi connectivity index (χ4n) is 2.13. The Labute approximate surface area is 96.3 Å². The van der Waals surface area contributed by atoms with Crippen LogP contribution in [0.3, 0.4) is 0 Å². The van der Waals surface area contributed by atoms with Gasteiger partial charge in [-0.2, -0.15) is 0 Å². The Bertz CT molecular complexity index is 310. The molecule has 2 nitrogen and oxygen atoms in total. The van der Waals surface area contributed by atoms with Gasteiger partial charge in [0, 0.05) is 18.8 Å². The predicted octanol–water partition coefficient (Wildman–Crippen LogP) is 3.11. The van der Waals surface area contributed by atoms with Crippen LogP contribution < -0.4 is 0 Å². The van der Waals surface area contributed by atoms with Gasteiger partial charge in [-0.25, -0.2) is 4.98 Å². The largest absolute Gasteiger partial charge is 0.296 e. The first kappa shape index (κ1) is 10.9. The first-order valence-electron chi connectivity index (χ1n) is 5.60. The van der Waals surface area contributed by atoms with Crippen LogP contribution in [0.5, 0.6) is 0 Å². The number of nitrogens with zero attached hydrogens (tertiary/aromatic N) is 2. The van der Waals surface area contributed by atoms with Crippen LogP contribution in [0.4, 0.5) is 0 Å². The Balaban J connectivity index is 1.98. The van der Waals surface area contributed by atoms with E-state index >= 15 is 0 Å². The van der Waals surface area contributed by atoms with E-state index in [4.69, 9.17) is 11.6 Å². The summed E-state index contributed by atoms with van der Waals surface area (Å²) in [6.07, 6.45) is 5.90. The molecular formula is C12H17ClN2. The number of piperidine rings is 1. The van der Waals surface area contributed by atoms with Crippen LogP contribution >= 0.6 is 11.6 Å². The highest BCUT2D eigenvalue weighted by atomic mass is 35.5. The summed E-state index contributed by atoms with van der Waals surface area (Å²) >= 11 is 5.76. The SMILES string of the molecule is CC1CCCCN1Cc1ccc(Cl)nc1. The van der Waals surface area contributed by atoms with Gasteiger partial charge in [-0.3, -0.25) is 4.90 Å². The van der Waals surface area contributed by atoms with Crippen LogP contribution in [-0.4, -0.2) is 22.5 Å². The van der Waals surface area contributed by atoms with Gasteiger partial charge in [0.25, 0.3) is 0 Å². The molecule has 0 saturated carbocycles. The van der Waals surface area contributed by atoms with E-state index in [0.29, 0.717) is 11.2 Å². The highest BCUT2D eigenvalue weighted by Gasteiger charge is 2.17. The summed E-state index contributed by atoms with van der Waals surface area (Å²) in [6.45, 7) is 4.53. The van der Waals surface area contributed by atoms with Crippen molar-refractivity contribution in [2.45, 2.75) is 38.8 Å². The van der Waals surface area contributed by atoms with Crippen molar-refractivity contribution in [1.82, 2.24) is 9.88 Å². The third-order valence-electron chi connectivity index (χ3n) is 3.11. The minimum Gasteiger partial charge on any atom is -0.296 e. The van der Waals surface area contributed by atoms with E-state index in [1.165, 1.54) is 31.4 Å². The average molecular weight is 225 g/mol. The Morgan fingerprint density at radius 2 is 2.33 bits per heavy atom. The molecule has 0 spiro atoms. The molecule has 2 heterocycles. The smallest absolute Gasteiger partial charge is 0.129 e. The Hall–Kier alpha value is -0.600. The molecular weight excluding hydrogens is 208 g/mol. The van der Waals surface area contributed by atoms with Crippen molar-refractivity contribution in [3.63, 3.8) is 0 Å². The number of hydrogen-bond donors (Lipinski definition) is 0. The molecule has 3 heteroatoms. The lowest BCUT2D eigenvalue weighted by molar-refractivity contribution is 0.152. The van der Waals surface area contributed by atoms with Crippen molar-refractivity contribution in [3.05, 3.63) is 29.0 Å². The van der Waals surface area contributed by atoms with Crippen molar-refractivity contribution in [2.24, 2.45) is 0 Å². The van der Waals surface area contributed by atoms with Crippen molar-refractivity contribution >= 4 is 11.6 Å². The Morgan fingerprint density at radius 3 is 3.00 bits per heavy atom. The third kappa shape index (κ3) is 2.93. The van der Waals surface area contributed by atoms with Gasteiger partial charge in [0.1, 0.15) is 5.15 Å². The molecule has 0 aliphatic carbocycles. The lowest BCUT2D eigenvalue weighted by Crippen LogP contribution is -2.36. The lowest BCUT2D eigenvalue weighted by Gasteiger charge is -2.33. The van der Waals surface area contributed by atoms with Crippen LogP contribution in [0.25, 0.3) is 0 Å². The Kier molecular flexibility index (Phi) is 3.60. The summed E-state index contributed by atoms with van der Waals surface area (Å²) < 4.78 is 0. The van der Waals surface area contributed by atoms with Crippen molar-refractivity contribution in [1.29, 1.82) is 0 Å². The van der Waals surface area contributed by atoms with Crippen molar-refractivity contribution < 1.29 is 0 Å². The lowest BCUT2D eigenvalue weighted by atomic mass is 10.0. The molecule has 1 aliphatic rings. The molecule has 15 heavy (non-hydrogen) atoms. The summed E-state index contributed by atoms with van der Waals surface area (Å²) in [5.74, 6) is 0. The topological polar surface area (TPSA) is 16.1 Å². The van der Waals surface area contributed by atoms with E-state index in [9.17, 15) is 0 Å². The second-order valence-electron chi connectivity index (χ2n) is 4.30. The van der Waals surface area contributed by atoms with Crippen LogP contribution in [0, 0.1) is 0 Å². The maximum absolute atomic E-state index is 5.76. The van der Waals surface area contributed by atoms with Crippen LogP contribution in [-0.2, 0) is 6.54 Å². The van der Waals surface area contributed by atoms with Gasteiger partial charge in [0.2, 0.25) is 0 Å². The molecule has 0 aromatic carbocycles. The molecule has 82 valence electrons. The van der Waals surface area contributed by atoms with Crippen molar-refractivity contribution in [2.75, 3.05) is 6.54 Å². The fourth-order valence-corrected chi connectivity index (χ4v) is 2.24. The molecule has 0 bridgehead atoms. The standard InChI is InChI=1S/C12H17ClN2/c1-10-4-2-3-7-15(10)9-11-5-6-12(13)14-8-11/h5-6,8,10H,2-4,7,9H2,1H3.